The van der Waals surface area contributed by atoms with Crippen LogP contribution in [0.5, 0.6) is 0 Å². The molecule has 4 rings (SSSR count). The van der Waals surface area contributed by atoms with E-state index in [0.717, 1.165) is 5.39 Å². The van der Waals surface area contributed by atoms with Crippen LogP contribution in [0.1, 0.15) is 16.2 Å². The molecule has 29 heavy (non-hydrogen) atoms. The second-order valence-corrected chi connectivity index (χ2v) is 7.91. The molecule has 8 heteroatoms. The second-order valence-electron chi connectivity index (χ2n) is 6.12. The van der Waals surface area contributed by atoms with Gasteiger partial charge in [0.15, 0.2) is 0 Å². The highest BCUT2D eigenvalue weighted by molar-refractivity contribution is 7.90. The first-order valence-corrected chi connectivity index (χ1v) is 10.2. The van der Waals surface area contributed by atoms with Crippen LogP contribution in [0, 0.1) is 0 Å². The van der Waals surface area contributed by atoms with Crippen molar-refractivity contribution in [2.75, 3.05) is 0 Å². The van der Waals surface area contributed by atoms with Crippen molar-refractivity contribution < 1.29 is 13.2 Å². The van der Waals surface area contributed by atoms with Crippen LogP contribution in [0.3, 0.4) is 0 Å². The van der Waals surface area contributed by atoms with Gasteiger partial charge in [-0.2, -0.15) is 5.10 Å². The van der Waals surface area contributed by atoms with Gasteiger partial charge in [0.05, 0.1) is 22.3 Å². The standard InChI is InChI=1S/C21H16N4O3S/c26-21(19-11-6-7-13-22-19)24-23-15-17-14-16-8-4-5-12-20(16)25(17)29(27,28)18-9-2-1-3-10-18/h1-15H,(H,24,26)/b23-15+. The summed E-state index contributed by atoms with van der Waals surface area (Å²) in [5, 5.41) is 4.67. The molecule has 1 N–H and O–H groups in total. The summed E-state index contributed by atoms with van der Waals surface area (Å²) in [5.74, 6) is -0.490. The maximum Gasteiger partial charge on any atom is 0.289 e. The zero-order valence-electron chi connectivity index (χ0n) is 15.1. The zero-order valence-corrected chi connectivity index (χ0v) is 16.0. The first kappa shape index (κ1) is 18.6. The van der Waals surface area contributed by atoms with Crippen LogP contribution in [-0.2, 0) is 10.0 Å². The summed E-state index contributed by atoms with van der Waals surface area (Å²) < 4.78 is 27.7. The fourth-order valence-corrected chi connectivity index (χ4v) is 4.43. The maximum atomic E-state index is 13.3. The summed E-state index contributed by atoms with van der Waals surface area (Å²) >= 11 is 0. The molecule has 0 saturated heterocycles. The number of fused-ring (bicyclic) bond motifs is 1. The Morgan fingerprint density at radius 1 is 0.966 bits per heavy atom. The zero-order chi connectivity index (χ0) is 20.3. The lowest BCUT2D eigenvalue weighted by atomic mass is 10.2. The molecule has 0 aliphatic rings. The van der Waals surface area contributed by atoms with Gasteiger partial charge in [0.25, 0.3) is 15.9 Å². The molecule has 0 bridgehead atoms. The van der Waals surface area contributed by atoms with Crippen LogP contribution in [0.25, 0.3) is 10.9 Å². The van der Waals surface area contributed by atoms with Gasteiger partial charge in [-0.25, -0.2) is 17.8 Å². The average molecular weight is 404 g/mol. The van der Waals surface area contributed by atoms with Gasteiger partial charge in [-0.05, 0) is 36.4 Å². The van der Waals surface area contributed by atoms with E-state index in [1.54, 1.807) is 54.6 Å². The molecule has 0 unspecified atom stereocenters. The highest BCUT2D eigenvalue weighted by Gasteiger charge is 2.22. The first-order valence-electron chi connectivity index (χ1n) is 8.73. The molecule has 7 nitrogen and oxygen atoms in total. The summed E-state index contributed by atoms with van der Waals surface area (Å²) in [5.41, 5.74) is 3.42. The molecule has 1 amide bonds. The van der Waals surface area contributed by atoms with Gasteiger partial charge in [-0.1, -0.05) is 42.5 Å². The van der Waals surface area contributed by atoms with Gasteiger partial charge in [-0.15, -0.1) is 0 Å². The fraction of sp³-hybridized carbons (Fsp3) is 0. The molecule has 4 aromatic rings. The molecule has 2 aromatic carbocycles. The Morgan fingerprint density at radius 3 is 2.45 bits per heavy atom. The van der Waals surface area contributed by atoms with Crippen LogP contribution < -0.4 is 5.43 Å². The Labute approximate surface area is 167 Å². The number of carbonyl (C=O) groups excluding carboxylic acids is 1. The molecule has 2 aromatic heterocycles. The van der Waals surface area contributed by atoms with Crippen molar-refractivity contribution in [3.63, 3.8) is 0 Å². The number of carbonyl (C=O) groups is 1. The summed E-state index contributed by atoms with van der Waals surface area (Å²) in [6, 6.07) is 21.9. The summed E-state index contributed by atoms with van der Waals surface area (Å²) in [6.07, 6.45) is 2.81. The van der Waals surface area contributed by atoms with Crippen LogP contribution >= 0.6 is 0 Å². The minimum absolute atomic E-state index is 0.161. The third-order valence-electron chi connectivity index (χ3n) is 4.24. The largest absolute Gasteiger partial charge is 0.289 e. The molecular formula is C21H16N4O3S. The molecule has 0 saturated carbocycles. The van der Waals surface area contributed by atoms with E-state index < -0.39 is 15.9 Å². The average Bonchev–Trinajstić information content (AvgIpc) is 3.14. The minimum Gasteiger partial charge on any atom is -0.266 e. The van der Waals surface area contributed by atoms with Crippen molar-refractivity contribution >= 4 is 33.0 Å². The van der Waals surface area contributed by atoms with Crippen molar-refractivity contribution in [2.45, 2.75) is 4.90 Å². The fourth-order valence-electron chi connectivity index (χ4n) is 2.92. The van der Waals surface area contributed by atoms with E-state index in [9.17, 15) is 13.2 Å². The first-order chi connectivity index (χ1) is 14.1. The number of hydrogen-bond donors (Lipinski definition) is 1. The van der Waals surface area contributed by atoms with Gasteiger partial charge in [0.2, 0.25) is 0 Å². The van der Waals surface area contributed by atoms with Gasteiger partial charge in [-0.3, -0.25) is 9.78 Å². The number of hydrazone groups is 1. The third kappa shape index (κ3) is 3.65. The van der Waals surface area contributed by atoms with E-state index in [-0.39, 0.29) is 10.6 Å². The number of hydrogen-bond acceptors (Lipinski definition) is 5. The monoisotopic (exact) mass is 404 g/mol. The lowest BCUT2D eigenvalue weighted by Gasteiger charge is -2.10. The predicted molar refractivity (Wildman–Crippen MR) is 110 cm³/mol. The molecule has 0 radical (unpaired) electrons. The maximum absolute atomic E-state index is 13.3. The van der Waals surface area contributed by atoms with Crippen molar-refractivity contribution in [2.24, 2.45) is 5.10 Å². The topological polar surface area (TPSA) is 93.4 Å². The highest BCUT2D eigenvalue weighted by atomic mass is 32.2. The summed E-state index contributed by atoms with van der Waals surface area (Å²) in [6.45, 7) is 0. The number of amides is 1. The number of pyridine rings is 1. The van der Waals surface area contributed by atoms with Crippen molar-refractivity contribution in [3.8, 4) is 0 Å². The normalized spacial score (nSPS) is 11.7. The van der Waals surface area contributed by atoms with Crippen molar-refractivity contribution in [1.29, 1.82) is 0 Å². The van der Waals surface area contributed by atoms with Gasteiger partial charge >= 0.3 is 0 Å². The number of rotatable bonds is 5. The Morgan fingerprint density at radius 2 is 1.69 bits per heavy atom. The van der Waals surface area contributed by atoms with Crippen molar-refractivity contribution in [1.82, 2.24) is 14.4 Å². The molecular weight excluding hydrogens is 388 g/mol. The number of benzene rings is 2. The molecule has 144 valence electrons. The van der Waals surface area contributed by atoms with E-state index in [0.29, 0.717) is 11.2 Å². The number of aromatic nitrogens is 2. The van der Waals surface area contributed by atoms with E-state index >= 15 is 0 Å². The lowest BCUT2D eigenvalue weighted by molar-refractivity contribution is 0.0950. The molecule has 0 spiro atoms. The van der Waals surface area contributed by atoms with E-state index in [4.69, 9.17) is 0 Å². The van der Waals surface area contributed by atoms with Gasteiger partial charge in [0.1, 0.15) is 5.69 Å². The quantitative estimate of drug-likeness (QED) is 0.409. The third-order valence-corrected chi connectivity index (χ3v) is 5.99. The second kappa shape index (κ2) is 7.69. The van der Waals surface area contributed by atoms with Crippen LogP contribution in [0.4, 0.5) is 0 Å². The predicted octanol–water partition coefficient (Wildman–Crippen LogP) is 3.04. The number of nitrogens with zero attached hydrogens (tertiary/aromatic N) is 3. The van der Waals surface area contributed by atoms with E-state index in [1.165, 1.54) is 28.5 Å². The molecule has 0 aliphatic carbocycles. The molecule has 0 aliphatic heterocycles. The van der Waals surface area contributed by atoms with Gasteiger partial charge in [0, 0.05) is 11.6 Å². The minimum atomic E-state index is -3.86. The smallest absolute Gasteiger partial charge is 0.266 e. The Bertz CT molecular complexity index is 1300. The summed E-state index contributed by atoms with van der Waals surface area (Å²) in [7, 11) is -3.86. The summed E-state index contributed by atoms with van der Waals surface area (Å²) in [4.78, 5) is 16.2. The van der Waals surface area contributed by atoms with Crippen LogP contribution in [-0.4, -0.2) is 29.5 Å². The Hall–Kier alpha value is -3.78. The Balaban J connectivity index is 1.74. The molecule has 0 fully saturated rings. The van der Waals surface area contributed by atoms with Gasteiger partial charge < -0.3 is 0 Å². The highest BCUT2D eigenvalue weighted by Crippen LogP contribution is 2.24. The van der Waals surface area contributed by atoms with Crippen molar-refractivity contribution in [3.05, 3.63) is 96.4 Å². The molecule has 0 atom stereocenters. The lowest BCUT2D eigenvalue weighted by Crippen LogP contribution is -2.20. The SMILES string of the molecule is O=C(N/N=C/c1cc2ccccc2n1S(=O)(=O)c1ccccc1)c1ccccn1. The van der Waals surface area contributed by atoms with E-state index in [1.807, 2.05) is 12.1 Å². The Kier molecular flexibility index (Phi) is 4.92. The molecule has 2 heterocycles. The van der Waals surface area contributed by atoms with Crippen LogP contribution in [0.2, 0.25) is 0 Å². The van der Waals surface area contributed by atoms with Crippen LogP contribution in [0.15, 0.2) is 95.1 Å². The number of para-hydroxylation sites is 1. The number of nitrogens with one attached hydrogen (secondary N) is 1. The van der Waals surface area contributed by atoms with E-state index in [2.05, 4.69) is 15.5 Å².